The van der Waals surface area contributed by atoms with Crippen LogP contribution in [0, 0.1) is 5.92 Å². The molecule has 2 aliphatic rings. The Kier molecular flexibility index (Phi) is 6.22. The third-order valence-corrected chi connectivity index (χ3v) is 5.56. The van der Waals surface area contributed by atoms with Crippen LogP contribution in [-0.2, 0) is 24.3 Å². The van der Waals surface area contributed by atoms with Crippen LogP contribution in [0.5, 0.6) is 11.5 Å². The first-order valence-corrected chi connectivity index (χ1v) is 10.8. The molecule has 8 nitrogen and oxygen atoms in total. The summed E-state index contributed by atoms with van der Waals surface area (Å²) in [7, 11) is 0. The van der Waals surface area contributed by atoms with Crippen LogP contribution in [0.2, 0.25) is 0 Å². The molecule has 4 rings (SSSR count). The Morgan fingerprint density at radius 3 is 2.70 bits per heavy atom. The van der Waals surface area contributed by atoms with E-state index >= 15 is 0 Å². The first-order valence-electron chi connectivity index (χ1n) is 10.8. The van der Waals surface area contributed by atoms with Crippen LogP contribution < -0.4 is 14.8 Å². The molecule has 1 amide bonds. The molecule has 3 heterocycles. The summed E-state index contributed by atoms with van der Waals surface area (Å²) in [6.07, 6.45) is 1.69. The lowest BCUT2D eigenvalue weighted by Gasteiger charge is -2.23. The minimum absolute atomic E-state index is 0.0353. The molecule has 0 fully saturated rings. The maximum Gasteiger partial charge on any atom is 0.217 e. The fourth-order valence-electron chi connectivity index (χ4n) is 4.19. The Morgan fingerprint density at radius 1 is 1.13 bits per heavy atom. The molecule has 0 saturated carbocycles. The van der Waals surface area contributed by atoms with Crippen molar-refractivity contribution >= 4 is 5.91 Å². The smallest absolute Gasteiger partial charge is 0.217 e. The van der Waals surface area contributed by atoms with Gasteiger partial charge >= 0.3 is 0 Å². The minimum Gasteiger partial charge on any atom is -0.486 e. The molecule has 1 N–H and O–H groups in total. The molecule has 1 aromatic heterocycles. The van der Waals surface area contributed by atoms with Crippen molar-refractivity contribution in [2.45, 2.75) is 52.7 Å². The number of carbonyl (C=O) groups is 1. The molecule has 0 unspecified atom stereocenters. The van der Waals surface area contributed by atoms with Gasteiger partial charge in [0.2, 0.25) is 5.91 Å². The molecular formula is C22H31N5O3. The molecule has 0 spiro atoms. The molecule has 2 aromatic rings. The summed E-state index contributed by atoms with van der Waals surface area (Å²) < 4.78 is 13.5. The molecule has 0 aliphatic carbocycles. The van der Waals surface area contributed by atoms with Crippen molar-refractivity contribution in [3.63, 3.8) is 0 Å². The lowest BCUT2D eigenvalue weighted by atomic mass is 10.0. The fraction of sp³-hybridized carbons (Fsp3) is 0.591. The largest absolute Gasteiger partial charge is 0.486 e. The molecule has 0 bridgehead atoms. The molecule has 1 atom stereocenters. The number of nitrogens with zero attached hydrogens (tertiary/aromatic N) is 4. The number of nitrogens with one attached hydrogen (secondary N) is 1. The van der Waals surface area contributed by atoms with E-state index in [4.69, 9.17) is 9.47 Å². The number of amides is 1. The average molecular weight is 414 g/mol. The number of benzene rings is 1. The van der Waals surface area contributed by atoms with E-state index in [9.17, 15) is 4.79 Å². The van der Waals surface area contributed by atoms with E-state index in [-0.39, 0.29) is 11.9 Å². The number of rotatable bonds is 6. The molecule has 0 saturated heterocycles. The maximum atomic E-state index is 11.7. The van der Waals surface area contributed by atoms with Gasteiger partial charge in [0.05, 0.1) is 6.04 Å². The molecule has 30 heavy (non-hydrogen) atoms. The summed E-state index contributed by atoms with van der Waals surface area (Å²) >= 11 is 0. The van der Waals surface area contributed by atoms with Crippen molar-refractivity contribution < 1.29 is 14.3 Å². The summed E-state index contributed by atoms with van der Waals surface area (Å²) in [5, 5.41) is 12.0. The Bertz CT molecular complexity index is 895. The van der Waals surface area contributed by atoms with Gasteiger partial charge < -0.3 is 19.4 Å². The van der Waals surface area contributed by atoms with E-state index in [0.717, 1.165) is 62.2 Å². The lowest BCUT2D eigenvalue weighted by Crippen LogP contribution is -2.31. The summed E-state index contributed by atoms with van der Waals surface area (Å²) in [5.74, 6) is 3.94. The number of carbonyl (C=O) groups excluding carboxylic acids is 1. The maximum absolute atomic E-state index is 11.7. The molecular weight excluding hydrogens is 382 g/mol. The van der Waals surface area contributed by atoms with Crippen LogP contribution in [0.4, 0.5) is 0 Å². The van der Waals surface area contributed by atoms with Crippen LogP contribution in [0.15, 0.2) is 18.2 Å². The monoisotopic (exact) mass is 413 g/mol. The van der Waals surface area contributed by atoms with Gasteiger partial charge in [0.15, 0.2) is 17.3 Å². The van der Waals surface area contributed by atoms with Gasteiger partial charge in [-0.3, -0.25) is 9.69 Å². The van der Waals surface area contributed by atoms with Gasteiger partial charge in [0.1, 0.15) is 19.0 Å². The average Bonchev–Trinajstić information content (AvgIpc) is 3.01. The third kappa shape index (κ3) is 4.75. The van der Waals surface area contributed by atoms with E-state index in [0.29, 0.717) is 19.1 Å². The molecule has 0 radical (unpaired) electrons. The van der Waals surface area contributed by atoms with Crippen molar-refractivity contribution in [2.24, 2.45) is 5.92 Å². The van der Waals surface area contributed by atoms with E-state index < -0.39 is 0 Å². The SMILES string of the molecule is CC(=O)N[C@@H](CC(C)C)c1nnc2n1CCN(Cc1ccc3c(c1)OCCO3)CC2. The standard InChI is InChI=1S/C22H31N5O3/c1-15(2)12-18(23-16(3)28)22-25-24-21-6-7-26(8-9-27(21)22)14-17-4-5-19-20(13-17)30-11-10-29-19/h4-5,13,15,18H,6-12,14H2,1-3H3,(H,23,28)/t18-/m0/s1. The van der Waals surface area contributed by atoms with Gasteiger partial charge in [-0.15, -0.1) is 10.2 Å². The molecule has 162 valence electrons. The first kappa shape index (κ1) is 20.7. The predicted octanol–water partition coefficient (Wildman–Crippen LogP) is 2.33. The highest BCUT2D eigenvalue weighted by atomic mass is 16.6. The summed E-state index contributed by atoms with van der Waals surface area (Å²) in [4.78, 5) is 14.2. The third-order valence-electron chi connectivity index (χ3n) is 5.56. The van der Waals surface area contributed by atoms with E-state index in [1.54, 1.807) is 6.92 Å². The highest BCUT2D eigenvalue weighted by molar-refractivity contribution is 5.73. The number of ether oxygens (including phenoxy) is 2. The van der Waals surface area contributed by atoms with Gasteiger partial charge in [0.25, 0.3) is 0 Å². The Morgan fingerprint density at radius 2 is 1.93 bits per heavy atom. The van der Waals surface area contributed by atoms with Gasteiger partial charge in [-0.2, -0.15) is 0 Å². The van der Waals surface area contributed by atoms with Crippen molar-refractivity contribution in [3.8, 4) is 11.5 Å². The van der Waals surface area contributed by atoms with E-state index in [1.165, 1.54) is 5.56 Å². The zero-order valence-electron chi connectivity index (χ0n) is 18.1. The van der Waals surface area contributed by atoms with Crippen LogP contribution in [-0.4, -0.2) is 51.9 Å². The number of hydrogen-bond donors (Lipinski definition) is 1. The Labute approximate surface area is 177 Å². The highest BCUT2D eigenvalue weighted by Gasteiger charge is 2.25. The van der Waals surface area contributed by atoms with E-state index in [2.05, 4.69) is 51.0 Å². The molecule has 2 aliphatic heterocycles. The summed E-state index contributed by atoms with van der Waals surface area (Å²) in [6.45, 7) is 10.6. The van der Waals surface area contributed by atoms with Gasteiger partial charge in [-0.05, 0) is 30.0 Å². The summed E-state index contributed by atoms with van der Waals surface area (Å²) in [5.41, 5.74) is 1.22. The van der Waals surface area contributed by atoms with Crippen molar-refractivity contribution in [1.82, 2.24) is 25.0 Å². The first-order chi connectivity index (χ1) is 14.5. The van der Waals surface area contributed by atoms with Crippen molar-refractivity contribution in [2.75, 3.05) is 26.3 Å². The summed E-state index contributed by atoms with van der Waals surface area (Å²) in [6, 6.07) is 6.09. The second kappa shape index (κ2) is 9.04. The van der Waals surface area contributed by atoms with Gasteiger partial charge in [0, 0.05) is 39.5 Å². The molecule has 1 aromatic carbocycles. The van der Waals surface area contributed by atoms with Crippen LogP contribution in [0.25, 0.3) is 0 Å². The van der Waals surface area contributed by atoms with Crippen LogP contribution in [0.3, 0.4) is 0 Å². The zero-order chi connectivity index (χ0) is 21.1. The quantitative estimate of drug-likeness (QED) is 0.783. The number of hydrogen-bond acceptors (Lipinski definition) is 6. The second-order valence-corrected chi connectivity index (χ2v) is 8.51. The van der Waals surface area contributed by atoms with Crippen LogP contribution in [0.1, 0.15) is 50.4 Å². The zero-order valence-corrected chi connectivity index (χ0v) is 18.1. The topological polar surface area (TPSA) is 81.5 Å². The second-order valence-electron chi connectivity index (χ2n) is 8.51. The number of aromatic nitrogens is 3. The van der Waals surface area contributed by atoms with Crippen molar-refractivity contribution in [1.29, 1.82) is 0 Å². The highest BCUT2D eigenvalue weighted by Crippen LogP contribution is 2.31. The lowest BCUT2D eigenvalue weighted by molar-refractivity contribution is -0.119. The Hall–Kier alpha value is -2.61. The van der Waals surface area contributed by atoms with Crippen LogP contribution >= 0.6 is 0 Å². The predicted molar refractivity (Wildman–Crippen MR) is 112 cm³/mol. The minimum atomic E-state index is -0.104. The Balaban J connectivity index is 1.45. The van der Waals surface area contributed by atoms with Crippen molar-refractivity contribution in [3.05, 3.63) is 35.4 Å². The van der Waals surface area contributed by atoms with Gasteiger partial charge in [-0.1, -0.05) is 19.9 Å². The van der Waals surface area contributed by atoms with E-state index in [1.807, 2.05) is 6.07 Å². The normalized spacial score (nSPS) is 17.3. The fourth-order valence-corrected chi connectivity index (χ4v) is 4.19. The number of fused-ring (bicyclic) bond motifs is 2. The van der Waals surface area contributed by atoms with Gasteiger partial charge in [-0.25, -0.2) is 0 Å². The molecule has 8 heteroatoms.